The van der Waals surface area contributed by atoms with Gasteiger partial charge in [0.1, 0.15) is 5.75 Å². The van der Waals surface area contributed by atoms with Gasteiger partial charge in [0.15, 0.2) is 15.8 Å². The van der Waals surface area contributed by atoms with Gasteiger partial charge >= 0.3 is 0 Å². The average Bonchev–Trinajstić information content (AvgIpc) is 2.60. The molecular formula is C19H23N3O3S. The van der Waals surface area contributed by atoms with Crippen LogP contribution in [0.3, 0.4) is 0 Å². The fourth-order valence-electron chi connectivity index (χ4n) is 2.94. The van der Waals surface area contributed by atoms with Gasteiger partial charge < -0.3 is 15.8 Å². The van der Waals surface area contributed by atoms with Crippen molar-refractivity contribution in [2.45, 2.75) is 24.8 Å². The summed E-state index contributed by atoms with van der Waals surface area (Å²) in [6.45, 7) is 1.08. The van der Waals surface area contributed by atoms with E-state index in [1.54, 1.807) is 0 Å². The summed E-state index contributed by atoms with van der Waals surface area (Å²) in [5.74, 6) is 1.31. The van der Waals surface area contributed by atoms with Gasteiger partial charge in [-0.1, -0.05) is 42.5 Å². The van der Waals surface area contributed by atoms with Crippen LogP contribution in [0, 0.1) is 0 Å². The van der Waals surface area contributed by atoms with Crippen LogP contribution in [0.15, 0.2) is 53.5 Å². The maximum Gasteiger partial charge on any atom is 0.189 e. The molecule has 1 heterocycles. The van der Waals surface area contributed by atoms with Crippen molar-refractivity contribution < 1.29 is 13.2 Å². The first-order valence-corrected chi connectivity index (χ1v) is 10.5. The van der Waals surface area contributed by atoms with Crippen molar-refractivity contribution in [2.75, 3.05) is 12.9 Å². The third kappa shape index (κ3) is 4.98. The lowest BCUT2D eigenvalue weighted by atomic mass is 10.0. The molecule has 26 heavy (non-hydrogen) atoms. The van der Waals surface area contributed by atoms with E-state index in [4.69, 9.17) is 10.5 Å². The Morgan fingerprint density at radius 2 is 1.88 bits per heavy atom. The zero-order valence-electron chi connectivity index (χ0n) is 14.7. The van der Waals surface area contributed by atoms with Crippen LogP contribution in [-0.4, -0.2) is 27.2 Å². The number of nitrogens with one attached hydrogen (secondary N) is 1. The van der Waals surface area contributed by atoms with Crippen molar-refractivity contribution in [3.8, 4) is 5.75 Å². The van der Waals surface area contributed by atoms with E-state index >= 15 is 0 Å². The zero-order valence-corrected chi connectivity index (χ0v) is 15.5. The van der Waals surface area contributed by atoms with Crippen LogP contribution in [0.4, 0.5) is 0 Å². The maximum absolute atomic E-state index is 11.3. The molecule has 0 radical (unpaired) electrons. The van der Waals surface area contributed by atoms with Crippen LogP contribution in [0.25, 0.3) is 0 Å². The minimum absolute atomic E-state index is 0.0450. The van der Waals surface area contributed by atoms with Crippen molar-refractivity contribution in [1.82, 2.24) is 5.32 Å². The van der Waals surface area contributed by atoms with Crippen molar-refractivity contribution in [3.63, 3.8) is 0 Å². The molecule has 7 heteroatoms. The van der Waals surface area contributed by atoms with E-state index in [0.29, 0.717) is 19.1 Å². The summed E-state index contributed by atoms with van der Waals surface area (Å²) in [5, 5.41) is 3.26. The molecule has 0 amide bonds. The van der Waals surface area contributed by atoms with Gasteiger partial charge in [0.05, 0.1) is 24.9 Å². The molecule has 0 spiro atoms. The third-order valence-corrected chi connectivity index (χ3v) is 5.02. The molecule has 0 saturated heterocycles. The summed E-state index contributed by atoms with van der Waals surface area (Å²) < 4.78 is 28.3. The topological polar surface area (TPSA) is 93.8 Å². The standard InChI is InChI=1S/C19H23N3O3S/c1-26(23,24)13-15-8-6-14(7-9-15)12-21-19(20)22-17-10-11-25-18-5-3-2-4-16(17)18/h2-9,17H,10-13H2,1H3,(H3,20,21,22). The van der Waals surface area contributed by atoms with Gasteiger partial charge in [-0.25, -0.2) is 13.4 Å². The fourth-order valence-corrected chi connectivity index (χ4v) is 3.73. The number of benzene rings is 2. The number of guanidine groups is 1. The quantitative estimate of drug-likeness (QED) is 0.619. The van der Waals surface area contributed by atoms with E-state index in [-0.39, 0.29) is 11.8 Å². The number of nitrogens with two attached hydrogens (primary N) is 1. The second kappa shape index (κ2) is 7.78. The monoisotopic (exact) mass is 373 g/mol. The molecular weight excluding hydrogens is 350 g/mol. The van der Waals surface area contributed by atoms with Crippen LogP contribution in [0.5, 0.6) is 5.75 Å². The first kappa shape index (κ1) is 18.3. The molecule has 3 N–H and O–H groups in total. The predicted octanol–water partition coefficient (Wildman–Crippen LogP) is 2.16. The second-order valence-electron chi connectivity index (χ2n) is 6.46. The number of nitrogens with zero attached hydrogens (tertiary/aromatic N) is 1. The Kier molecular flexibility index (Phi) is 5.46. The Hall–Kier alpha value is -2.54. The largest absolute Gasteiger partial charge is 0.493 e. The van der Waals surface area contributed by atoms with Crippen LogP contribution < -0.4 is 15.8 Å². The highest BCUT2D eigenvalue weighted by atomic mass is 32.2. The van der Waals surface area contributed by atoms with Gasteiger partial charge in [-0.2, -0.15) is 0 Å². The minimum atomic E-state index is -3.02. The summed E-state index contributed by atoms with van der Waals surface area (Å²) in [4.78, 5) is 4.39. The molecule has 0 aliphatic carbocycles. The van der Waals surface area contributed by atoms with Gasteiger partial charge in [0.2, 0.25) is 0 Å². The van der Waals surface area contributed by atoms with Crippen molar-refractivity contribution >= 4 is 15.8 Å². The first-order chi connectivity index (χ1) is 12.4. The fraction of sp³-hybridized carbons (Fsp3) is 0.316. The molecule has 6 nitrogen and oxygen atoms in total. The van der Waals surface area contributed by atoms with E-state index in [0.717, 1.165) is 28.9 Å². The van der Waals surface area contributed by atoms with Gasteiger partial charge in [-0.15, -0.1) is 0 Å². The zero-order chi connectivity index (χ0) is 18.6. The molecule has 1 atom stereocenters. The lowest BCUT2D eigenvalue weighted by Crippen LogP contribution is -2.37. The molecule has 0 aromatic heterocycles. The van der Waals surface area contributed by atoms with Crippen LogP contribution in [0.1, 0.15) is 29.2 Å². The Bertz CT molecular complexity index is 893. The van der Waals surface area contributed by atoms with Crippen LogP contribution in [0.2, 0.25) is 0 Å². The number of para-hydroxylation sites is 1. The van der Waals surface area contributed by atoms with Crippen molar-refractivity contribution in [2.24, 2.45) is 10.7 Å². The Labute approximate surface area is 154 Å². The van der Waals surface area contributed by atoms with Crippen molar-refractivity contribution in [3.05, 3.63) is 65.2 Å². The minimum Gasteiger partial charge on any atom is -0.493 e. The van der Waals surface area contributed by atoms with Crippen LogP contribution in [-0.2, 0) is 22.1 Å². The highest BCUT2D eigenvalue weighted by molar-refractivity contribution is 7.89. The molecule has 0 bridgehead atoms. The molecule has 2 aromatic rings. The Morgan fingerprint density at radius 3 is 2.62 bits per heavy atom. The number of ether oxygens (including phenoxy) is 1. The molecule has 1 aliphatic heterocycles. The third-order valence-electron chi connectivity index (χ3n) is 4.16. The van der Waals surface area contributed by atoms with E-state index in [9.17, 15) is 8.42 Å². The second-order valence-corrected chi connectivity index (χ2v) is 8.60. The average molecular weight is 373 g/mol. The highest BCUT2D eigenvalue weighted by Crippen LogP contribution is 2.31. The molecule has 3 rings (SSSR count). The summed E-state index contributed by atoms with van der Waals surface area (Å²) in [7, 11) is -3.02. The number of aliphatic imine (C=N–C) groups is 1. The number of hydrogen-bond acceptors (Lipinski definition) is 4. The lowest BCUT2D eigenvalue weighted by molar-refractivity contribution is 0.262. The van der Waals surface area contributed by atoms with E-state index in [1.165, 1.54) is 6.26 Å². The molecule has 1 aliphatic rings. The molecule has 2 aromatic carbocycles. The number of sulfone groups is 1. The number of fused-ring (bicyclic) bond motifs is 1. The normalized spacial score (nSPS) is 17.3. The number of hydrogen-bond donors (Lipinski definition) is 2. The van der Waals surface area contributed by atoms with Crippen molar-refractivity contribution in [1.29, 1.82) is 0 Å². The smallest absolute Gasteiger partial charge is 0.189 e. The van der Waals surface area contributed by atoms with Gasteiger partial charge in [-0.05, 0) is 17.2 Å². The molecule has 0 fully saturated rings. The SMILES string of the molecule is CS(=O)(=O)Cc1ccc(CN=C(N)NC2CCOc3ccccc32)cc1. The Morgan fingerprint density at radius 1 is 1.19 bits per heavy atom. The summed E-state index contributed by atoms with van der Waals surface area (Å²) >= 11 is 0. The Balaban J connectivity index is 1.61. The van der Waals surface area contributed by atoms with Gasteiger partial charge in [0.25, 0.3) is 0 Å². The summed E-state index contributed by atoms with van der Waals surface area (Å²) in [6, 6.07) is 15.4. The highest BCUT2D eigenvalue weighted by Gasteiger charge is 2.21. The molecule has 0 saturated carbocycles. The van der Waals surface area contributed by atoms with Crippen LogP contribution >= 0.6 is 0 Å². The molecule has 1 unspecified atom stereocenters. The van der Waals surface area contributed by atoms with E-state index in [1.807, 2.05) is 48.5 Å². The van der Waals surface area contributed by atoms with Gasteiger partial charge in [-0.3, -0.25) is 0 Å². The first-order valence-electron chi connectivity index (χ1n) is 8.44. The maximum atomic E-state index is 11.3. The van der Waals surface area contributed by atoms with Gasteiger partial charge in [0, 0.05) is 18.2 Å². The van der Waals surface area contributed by atoms with E-state index < -0.39 is 9.84 Å². The lowest BCUT2D eigenvalue weighted by Gasteiger charge is -2.26. The number of rotatable bonds is 5. The predicted molar refractivity (Wildman–Crippen MR) is 103 cm³/mol. The summed E-state index contributed by atoms with van der Waals surface area (Å²) in [6.07, 6.45) is 2.06. The summed E-state index contributed by atoms with van der Waals surface area (Å²) in [5.41, 5.74) is 8.87. The van der Waals surface area contributed by atoms with E-state index in [2.05, 4.69) is 10.3 Å². The molecule has 138 valence electrons.